The Kier molecular flexibility index (Phi) is 3.66. The van der Waals surface area contributed by atoms with Crippen molar-refractivity contribution in [1.29, 1.82) is 0 Å². The zero-order valence-corrected chi connectivity index (χ0v) is 12.2. The molecule has 21 heavy (non-hydrogen) atoms. The average Bonchev–Trinajstić information content (AvgIpc) is 2.47. The van der Waals surface area contributed by atoms with Crippen LogP contribution in [-0.2, 0) is 17.8 Å². The van der Waals surface area contributed by atoms with Gasteiger partial charge in [-0.15, -0.1) is 5.06 Å². The summed E-state index contributed by atoms with van der Waals surface area (Å²) in [7, 11) is 0. The molecule has 3 rings (SSSR count). The Morgan fingerprint density at radius 2 is 1.95 bits per heavy atom. The minimum absolute atomic E-state index is 0.332. The number of hydrogen-bond donors (Lipinski definition) is 0. The fraction of sp³-hybridized carbons (Fsp3) is 0.312. The number of nitrogens with zero attached hydrogens (tertiary/aromatic N) is 3. The smallest absolute Gasteiger partial charge is 0.357 e. The van der Waals surface area contributed by atoms with Gasteiger partial charge in [0.15, 0.2) is 0 Å². The van der Waals surface area contributed by atoms with Gasteiger partial charge in [-0.3, -0.25) is 0 Å². The highest BCUT2D eigenvalue weighted by Gasteiger charge is 2.23. The summed E-state index contributed by atoms with van der Waals surface area (Å²) in [6, 6.07) is 9.01. The van der Waals surface area contributed by atoms with E-state index in [2.05, 4.69) is 9.97 Å². The van der Waals surface area contributed by atoms with Crippen LogP contribution in [0.15, 0.2) is 30.3 Å². The second-order valence-corrected chi connectivity index (χ2v) is 5.14. The average molecular weight is 283 g/mol. The maximum absolute atomic E-state index is 12.1. The number of hydrogen-bond acceptors (Lipinski definition) is 5. The molecule has 0 unspecified atom stereocenters. The van der Waals surface area contributed by atoms with Crippen LogP contribution in [0, 0.1) is 13.8 Å². The Bertz CT molecular complexity index is 671. The molecule has 2 aromatic rings. The first-order valence-corrected chi connectivity index (χ1v) is 6.99. The van der Waals surface area contributed by atoms with E-state index in [-0.39, 0.29) is 5.97 Å². The Morgan fingerprint density at radius 1 is 1.19 bits per heavy atom. The molecule has 0 amide bonds. The molecule has 0 saturated heterocycles. The van der Waals surface area contributed by atoms with Gasteiger partial charge in [0.1, 0.15) is 5.82 Å². The molecule has 2 heterocycles. The van der Waals surface area contributed by atoms with Gasteiger partial charge < -0.3 is 4.84 Å². The normalized spacial score (nSPS) is 14.6. The van der Waals surface area contributed by atoms with Crippen LogP contribution in [0.5, 0.6) is 0 Å². The van der Waals surface area contributed by atoms with E-state index in [1.165, 1.54) is 5.56 Å². The predicted molar refractivity (Wildman–Crippen MR) is 77.5 cm³/mol. The molecule has 0 atom stereocenters. The first-order valence-electron chi connectivity index (χ1n) is 6.99. The topological polar surface area (TPSA) is 55.3 Å². The summed E-state index contributed by atoms with van der Waals surface area (Å²) in [5, 5.41) is 1.67. The molecule has 5 heteroatoms. The molecule has 0 bridgehead atoms. The van der Waals surface area contributed by atoms with Gasteiger partial charge in [0, 0.05) is 12.2 Å². The molecule has 1 aliphatic rings. The van der Waals surface area contributed by atoms with Crippen LogP contribution in [0.1, 0.15) is 33.1 Å². The number of benzene rings is 1. The van der Waals surface area contributed by atoms with Crippen molar-refractivity contribution in [3.63, 3.8) is 0 Å². The summed E-state index contributed by atoms with van der Waals surface area (Å²) in [5.41, 5.74) is 3.70. The number of fused-ring (bicyclic) bond motifs is 1. The third-order valence-electron chi connectivity index (χ3n) is 3.57. The van der Waals surface area contributed by atoms with Crippen LogP contribution in [0.25, 0.3) is 0 Å². The number of carbonyl (C=O) groups excluding carboxylic acids is 1. The zero-order chi connectivity index (χ0) is 14.8. The number of aromatic nitrogens is 2. The van der Waals surface area contributed by atoms with Crippen molar-refractivity contribution < 1.29 is 9.63 Å². The highest BCUT2D eigenvalue weighted by atomic mass is 16.7. The van der Waals surface area contributed by atoms with Crippen LogP contribution >= 0.6 is 0 Å². The van der Waals surface area contributed by atoms with E-state index in [0.717, 1.165) is 23.6 Å². The molecule has 108 valence electrons. The molecular formula is C16H17N3O2. The van der Waals surface area contributed by atoms with Crippen LogP contribution in [0.2, 0.25) is 0 Å². The maximum atomic E-state index is 12.1. The van der Waals surface area contributed by atoms with Gasteiger partial charge in [0.2, 0.25) is 0 Å². The van der Waals surface area contributed by atoms with Crippen molar-refractivity contribution in [1.82, 2.24) is 15.0 Å². The Labute approximate surface area is 123 Å². The Morgan fingerprint density at radius 3 is 2.71 bits per heavy atom. The van der Waals surface area contributed by atoms with E-state index >= 15 is 0 Å². The van der Waals surface area contributed by atoms with E-state index < -0.39 is 0 Å². The molecule has 0 N–H and O–H groups in total. The third-order valence-corrected chi connectivity index (χ3v) is 3.57. The first kappa shape index (κ1) is 13.7. The van der Waals surface area contributed by atoms with Crippen molar-refractivity contribution >= 4 is 5.97 Å². The minimum atomic E-state index is -0.332. The molecule has 0 fully saturated rings. The van der Waals surface area contributed by atoms with Gasteiger partial charge in [-0.2, -0.15) is 0 Å². The summed E-state index contributed by atoms with van der Waals surface area (Å²) >= 11 is 0. The minimum Gasteiger partial charge on any atom is -0.363 e. The highest BCUT2D eigenvalue weighted by Crippen LogP contribution is 2.20. The monoisotopic (exact) mass is 283 g/mol. The van der Waals surface area contributed by atoms with Gasteiger partial charge in [-0.05, 0) is 38.0 Å². The standard InChI is InChI=1S/C16H17N3O2/c1-11-14-8-9-19(10-15(14)18-12(2)17-11)21-16(20)13-6-4-3-5-7-13/h3-7H,8-10H2,1-2H3. The van der Waals surface area contributed by atoms with Crippen LogP contribution in [0.4, 0.5) is 0 Å². The highest BCUT2D eigenvalue weighted by molar-refractivity contribution is 5.89. The quantitative estimate of drug-likeness (QED) is 0.846. The van der Waals surface area contributed by atoms with E-state index in [1.54, 1.807) is 17.2 Å². The molecule has 0 aliphatic carbocycles. The summed E-state index contributed by atoms with van der Waals surface area (Å²) in [6.45, 7) is 5.05. The lowest BCUT2D eigenvalue weighted by Gasteiger charge is -2.27. The lowest BCUT2D eigenvalue weighted by atomic mass is 10.0. The lowest BCUT2D eigenvalue weighted by Crippen LogP contribution is -2.34. The van der Waals surface area contributed by atoms with Crippen molar-refractivity contribution in [2.24, 2.45) is 0 Å². The second kappa shape index (κ2) is 5.61. The summed E-state index contributed by atoms with van der Waals surface area (Å²) < 4.78 is 0. The van der Waals surface area contributed by atoms with E-state index in [0.29, 0.717) is 18.7 Å². The van der Waals surface area contributed by atoms with E-state index in [9.17, 15) is 4.79 Å². The lowest BCUT2D eigenvalue weighted by molar-refractivity contribution is -0.120. The fourth-order valence-electron chi connectivity index (χ4n) is 2.57. The van der Waals surface area contributed by atoms with Crippen LogP contribution < -0.4 is 0 Å². The number of carbonyl (C=O) groups is 1. The molecule has 1 aliphatic heterocycles. The molecular weight excluding hydrogens is 266 g/mol. The Balaban J connectivity index is 1.73. The number of aryl methyl sites for hydroxylation is 2. The van der Waals surface area contributed by atoms with Gasteiger partial charge in [-0.1, -0.05) is 18.2 Å². The van der Waals surface area contributed by atoms with Gasteiger partial charge in [-0.25, -0.2) is 14.8 Å². The van der Waals surface area contributed by atoms with Crippen molar-refractivity contribution in [2.45, 2.75) is 26.8 Å². The largest absolute Gasteiger partial charge is 0.363 e. The molecule has 5 nitrogen and oxygen atoms in total. The number of hydroxylamine groups is 2. The number of rotatable bonds is 2. The van der Waals surface area contributed by atoms with Gasteiger partial charge in [0.25, 0.3) is 0 Å². The van der Waals surface area contributed by atoms with Crippen molar-refractivity contribution in [3.05, 3.63) is 58.7 Å². The van der Waals surface area contributed by atoms with Crippen LogP contribution in [0.3, 0.4) is 0 Å². The van der Waals surface area contributed by atoms with E-state index in [1.807, 2.05) is 32.0 Å². The maximum Gasteiger partial charge on any atom is 0.357 e. The molecule has 1 aromatic carbocycles. The second-order valence-electron chi connectivity index (χ2n) is 5.14. The third kappa shape index (κ3) is 2.92. The molecule has 1 aromatic heterocycles. The molecule has 0 radical (unpaired) electrons. The van der Waals surface area contributed by atoms with Crippen molar-refractivity contribution in [3.8, 4) is 0 Å². The summed E-state index contributed by atoms with van der Waals surface area (Å²) in [6.07, 6.45) is 0.795. The van der Waals surface area contributed by atoms with Gasteiger partial charge in [0.05, 0.1) is 17.8 Å². The summed E-state index contributed by atoms with van der Waals surface area (Å²) in [5.74, 6) is 0.420. The molecule has 0 spiro atoms. The summed E-state index contributed by atoms with van der Waals surface area (Å²) in [4.78, 5) is 26.4. The van der Waals surface area contributed by atoms with Gasteiger partial charge >= 0.3 is 5.97 Å². The molecule has 0 saturated carbocycles. The SMILES string of the molecule is Cc1nc(C)c2c(n1)CN(OC(=O)c1ccccc1)CC2. The van der Waals surface area contributed by atoms with Crippen LogP contribution in [-0.4, -0.2) is 27.5 Å². The predicted octanol–water partition coefficient (Wildman–Crippen LogP) is 2.22. The van der Waals surface area contributed by atoms with E-state index in [4.69, 9.17) is 4.84 Å². The zero-order valence-electron chi connectivity index (χ0n) is 12.2. The first-order chi connectivity index (χ1) is 10.1. The van der Waals surface area contributed by atoms with Crippen molar-refractivity contribution in [2.75, 3.05) is 6.54 Å². The Hall–Kier alpha value is -2.27. The fourth-order valence-corrected chi connectivity index (χ4v) is 2.57.